The maximum Gasteiger partial charge on any atom is 0.419 e. The summed E-state index contributed by atoms with van der Waals surface area (Å²) in [6.45, 7) is 8.26. The number of nitrogens with zero attached hydrogens (tertiary/aromatic N) is 4. The number of anilines is 1. The molecule has 1 aliphatic rings. The van der Waals surface area contributed by atoms with E-state index in [1.165, 1.54) is 18.3 Å². The van der Waals surface area contributed by atoms with Gasteiger partial charge in [-0.15, -0.1) is 0 Å². The lowest BCUT2D eigenvalue weighted by molar-refractivity contribution is -0.137. The van der Waals surface area contributed by atoms with Crippen molar-refractivity contribution < 1.29 is 26.1 Å². The van der Waals surface area contributed by atoms with Gasteiger partial charge >= 0.3 is 6.18 Å². The molecule has 230 valence electrons. The van der Waals surface area contributed by atoms with Gasteiger partial charge in [-0.3, -0.25) is 0 Å². The van der Waals surface area contributed by atoms with Crippen LogP contribution >= 0.6 is 0 Å². The molecule has 1 aliphatic heterocycles. The average molecular weight is 625 g/mol. The van der Waals surface area contributed by atoms with Crippen molar-refractivity contribution in [1.29, 1.82) is 0 Å². The minimum absolute atomic E-state index is 0.00509. The molecule has 1 fully saturated rings. The monoisotopic (exact) mass is 624 g/mol. The predicted molar refractivity (Wildman–Crippen MR) is 161 cm³/mol. The number of aromatic nitrogens is 4. The molecular weight excluding hydrogens is 593 g/mol. The van der Waals surface area contributed by atoms with E-state index < -0.39 is 27.5 Å². The molecule has 13 heteroatoms. The second-order valence-electron chi connectivity index (χ2n) is 11.7. The van der Waals surface area contributed by atoms with Crippen LogP contribution in [0.5, 0.6) is 0 Å². The first-order chi connectivity index (χ1) is 20.7. The highest BCUT2D eigenvalue weighted by atomic mass is 32.2. The van der Waals surface area contributed by atoms with Crippen LogP contribution in [0.1, 0.15) is 43.7 Å². The van der Waals surface area contributed by atoms with Crippen LogP contribution in [0.4, 0.5) is 19.1 Å². The highest BCUT2D eigenvalue weighted by Gasteiger charge is 2.37. The summed E-state index contributed by atoms with van der Waals surface area (Å²) >= 11 is 0. The third kappa shape index (κ3) is 5.45. The van der Waals surface area contributed by atoms with Crippen molar-refractivity contribution in [3.63, 3.8) is 0 Å². The Labute approximate surface area is 252 Å². The fourth-order valence-corrected chi connectivity index (χ4v) is 7.02. The maximum absolute atomic E-state index is 14.4. The summed E-state index contributed by atoms with van der Waals surface area (Å²) in [5, 5.41) is 10.8. The second-order valence-corrected chi connectivity index (χ2v) is 13.5. The molecule has 0 radical (unpaired) electrons. The number of hydrogen-bond donors (Lipinski definition) is 2. The molecule has 6 rings (SSSR count). The fraction of sp³-hybridized carbons (Fsp3) is 0.323. The molecule has 0 spiro atoms. The van der Waals surface area contributed by atoms with E-state index in [9.17, 15) is 21.6 Å². The maximum atomic E-state index is 14.4. The Morgan fingerprint density at radius 2 is 1.86 bits per heavy atom. The summed E-state index contributed by atoms with van der Waals surface area (Å²) < 4.78 is 77.4. The van der Waals surface area contributed by atoms with Crippen LogP contribution in [0.3, 0.4) is 0 Å². The third-order valence-corrected chi connectivity index (χ3v) is 9.71. The van der Waals surface area contributed by atoms with Crippen LogP contribution in [0.15, 0.2) is 70.3 Å². The predicted octanol–water partition coefficient (Wildman–Crippen LogP) is 6.57. The number of nitrogens with one attached hydrogen (secondary N) is 2. The van der Waals surface area contributed by atoms with Gasteiger partial charge in [0.05, 0.1) is 21.8 Å². The summed E-state index contributed by atoms with van der Waals surface area (Å²) in [6, 6.07) is 12.6. The zero-order chi connectivity index (χ0) is 31.4. The van der Waals surface area contributed by atoms with Crippen molar-refractivity contribution in [2.75, 3.05) is 11.9 Å². The summed E-state index contributed by atoms with van der Waals surface area (Å²) in [4.78, 5) is 8.34. The van der Waals surface area contributed by atoms with Crippen LogP contribution in [-0.4, -0.2) is 45.6 Å². The molecular formula is C31H31F3N6O3S. The molecule has 0 saturated carbocycles. The number of rotatable bonds is 6. The van der Waals surface area contributed by atoms with Crippen molar-refractivity contribution in [2.24, 2.45) is 0 Å². The van der Waals surface area contributed by atoms with Gasteiger partial charge in [0.25, 0.3) is 10.0 Å². The summed E-state index contributed by atoms with van der Waals surface area (Å²) in [6.07, 6.45) is -1.21. The van der Waals surface area contributed by atoms with Crippen LogP contribution in [0.2, 0.25) is 0 Å². The van der Waals surface area contributed by atoms with E-state index in [0.29, 0.717) is 29.1 Å². The van der Waals surface area contributed by atoms with Gasteiger partial charge in [-0.2, -0.15) is 13.2 Å². The van der Waals surface area contributed by atoms with Crippen LogP contribution in [0.25, 0.3) is 33.3 Å². The first-order valence-electron chi connectivity index (χ1n) is 14.1. The average Bonchev–Trinajstić information content (AvgIpc) is 3.53. The van der Waals surface area contributed by atoms with E-state index in [0.717, 1.165) is 23.0 Å². The molecule has 1 atom stereocenters. The first-order valence-corrected chi connectivity index (χ1v) is 15.5. The van der Waals surface area contributed by atoms with E-state index in [1.54, 1.807) is 50.2 Å². The molecule has 0 unspecified atom stereocenters. The highest BCUT2D eigenvalue weighted by molar-refractivity contribution is 7.90. The Morgan fingerprint density at radius 3 is 2.50 bits per heavy atom. The van der Waals surface area contributed by atoms with Crippen molar-refractivity contribution in [3.05, 3.63) is 77.9 Å². The van der Waals surface area contributed by atoms with Gasteiger partial charge in [0.15, 0.2) is 0 Å². The van der Waals surface area contributed by atoms with Crippen LogP contribution < -0.4 is 10.6 Å². The Hall–Kier alpha value is -4.23. The SMILES string of the molecule is Cc1noc(C)c1-c1ccc2c(-c3nc(N[C@H]4CCC(C)(C)NC4)ncc3C(F)(F)F)cn(S(=O)(=O)c3ccccc3)c2c1. The molecule has 2 aromatic carbocycles. The van der Waals surface area contributed by atoms with E-state index in [4.69, 9.17) is 4.52 Å². The summed E-state index contributed by atoms with van der Waals surface area (Å²) in [7, 11) is -4.22. The van der Waals surface area contributed by atoms with E-state index >= 15 is 0 Å². The topological polar surface area (TPSA) is 115 Å². The Balaban J connectivity index is 1.55. The number of piperidine rings is 1. The molecule has 44 heavy (non-hydrogen) atoms. The highest BCUT2D eigenvalue weighted by Crippen LogP contribution is 2.41. The van der Waals surface area contributed by atoms with Crippen LogP contribution in [0, 0.1) is 13.8 Å². The van der Waals surface area contributed by atoms with Gasteiger partial charge in [0.1, 0.15) is 11.3 Å². The number of alkyl halides is 3. The minimum Gasteiger partial charge on any atom is -0.361 e. The van der Waals surface area contributed by atoms with Gasteiger partial charge in [-0.05, 0) is 64.3 Å². The lowest BCUT2D eigenvalue weighted by Gasteiger charge is -2.36. The standard InChI is InChI=1S/C31H31F3N6O3S/c1-18-27(19(2)43-39-18)20-10-11-23-24(17-40(26(23)14-20)44(41,42)22-8-6-5-7-9-22)28-25(31(32,33)34)16-35-29(38-28)37-21-12-13-30(3,4)36-15-21/h5-11,14,16-17,21,36H,12-13,15H2,1-4H3,(H,35,37,38)/t21-/m0/s1. The van der Waals surface area contributed by atoms with Gasteiger partial charge in [0, 0.05) is 47.0 Å². The second kappa shape index (κ2) is 10.7. The lowest BCUT2D eigenvalue weighted by Crippen LogP contribution is -2.50. The van der Waals surface area contributed by atoms with Crippen molar-refractivity contribution in [1.82, 2.24) is 24.4 Å². The molecule has 0 amide bonds. The Bertz CT molecular complexity index is 1940. The van der Waals surface area contributed by atoms with Crippen molar-refractivity contribution in [2.45, 2.75) is 63.2 Å². The molecule has 4 heterocycles. The quantitative estimate of drug-likeness (QED) is 0.218. The number of benzene rings is 2. The van der Waals surface area contributed by atoms with Gasteiger partial charge in [-0.25, -0.2) is 22.4 Å². The Kier molecular flexibility index (Phi) is 7.28. The largest absolute Gasteiger partial charge is 0.419 e. The summed E-state index contributed by atoms with van der Waals surface area (Å²) in [5.41, 5.74) is 0.528. The zero-order valence-electron chi connectivity index (χ0n) is 24.5. The molecule has 9 nitrogen and oxygen atoms in total. The molecule has 0 bridgehead atoms. The zero-order valence-corrected chi connectivity index (χ0v) is 25.3. The third-order valence-electron chi connectivity index (χ3n) is 8.02. The number of aryl methyl sites for hydroxylation is 2. The number of hydrogen-bond acceptors (Lipinski definition) is 8. The number of fused-ring (bicyclic) bond motifs is 1. The van der Waals surface area contributed by atoms with E-state index in [1.807, 2.05) is 0 Å². The van der Waals surface area contributed by atoms with E-state index in [-0.39, 0.29) is 38.9 Å². The van der Waals surface area contributed by atoms with Crippen molar-refractivity contribution in [3.8, 4) is 22.4 Å². The van der Waals surface area contributed by atoms with Gasteiger partial charge in [0.2, 0.25) is 5.95 Å². The fourth-order valence-electron chi connectivity index (χ4n) is 5.64. The van der Waals surface area contributed by atoms with Crippen molar-refractivity contribution >= 4 is 26.9 Å². The van der Waals surface area contributed by atoms with Gasteiger partial charge < -0.3 is 15.2 Å². The summed E-state index contributed by atoms with van der Waals surface area (Å²) in [5.74, 6) is 0.552. The van der Waals surface area contributed by atoms with E-state index in [2.05, 4.69) is 39.6 Å². The molecule has 3 aromatic heterocycles. The molecule has 0 aliphatic carbocycles. The smallest absolute Gasteiger partial charge is 0.361 e. The normalized spacial score (nSPS) is 17.2. The molecule has 1 saturated heterocycles. The Morgan fingerprint density at radius 1 is 1.11 bits per heavy atom. The van der Waals surface area contributed by atoms with Crippen LogP contribution in [-0.2, 0) is 16.2 Å². The molecule has 2 N–H and O–H groups in total. The minimum atomic E-state index is -4.80. The molecule has 5 aromatic rings. The van der Waals surface area contributed by atoms with Gasteiger partial charge in [-0.1, -0.05) is 35.5 Å². The lowest BCUT2D eigenvalue weighted by atomic mass is 9.91. The first kappa shape index (κ1) is 29.8. The number of halogens is 3.